The van der Waals surface area contributed by atoms with Gasteiger partial charge < -0.3 is 4.74 Å². The van der Waals surface area contributed by atoms with Gasteiger partial charge in [0.15, 0.2) is 0 Å². The normalized spacial score (nSPS) is 11.1. The van der Waals surface area contributed by atoms with Gasteiger partial charge in [0.05, 0.1) is 11.9 Å². The minimum Gasteiger partial charge on any atom is -0.434 e. The maximum absolute atomic E-state index is 12.4. The molecule has 2 aromatic carbocycles. The van der Waals surface area contributed by atoms with Crippen LogP contribution in [0.25, 0.3) is 11.3 Å². The summed E-state index contributed by atoms with van der Waals surface area (Å²) >= 11 is 1.41. The third-order valence-corrected chi connectivity index (χ3v) is 3.82. The lowest BCUT2D eigenvalue weighted by atomic mass is 10.2. The zero-order valence-corrected chi connectivity index (χ0v) is 13.2. The highest BCUT2D eigenvalue weighted by atomic mass is 32.1. The lowest BCUT2D eigenvalue weighted by Gasteiger charge is -2.06. The predicted octanol–water partition coefficient (Wildman–Crippen LogP) is 4.86. The molecule has 0 spiro atoms. The summed E-state index contributed by atoms with van der Waals surface area (Å²) in [5.41, 5.74) is 5.11. The number of hydrogen-bond donors (Lipinski definition) is 1. The quantitative estimate of drug-likeness (QED) is 0.513. The predicted molar refractivity (Wildman–Crippen MR) is 91.8 cm³/mol. The van der Waals surface area contributed by atoms with Crippen LogP contribution in [0.4, 0.5) is 13.9 Å². The second-order valence-corrected chi connectivity index (χ2v) is 5.55. The Bertz CT molecular complexity index is 821. The van der Waals surface area contributed by atoms with Gasteiger partial charge in [-0.25, -0.2) is 4.98 Å². The number of hydrazone groups is 1. The topological polar surface area (TPSA) is 46.5 Å². The van der Waals surface area contributed by atoms with Crippen molar-refractivity contribution in [1.29, 1.82) is 0 Å². The van der Waals surface area contributed by atoms with Crippen LogP contribution in [0.3, 0.4) is 0 Å². The first-order valence-electron chi connectivity index (χ1n) is 7.06. The van der Waals surface area contributed by atoms with Gasteiger partial charge in [-0.3, -0.25) is 5.43 Å². The summed E-state index contributed by atoms with van der Waals surface area (Å²) in [7, 11) is 0. The molecule has 0 aliphatic heterocycles. The Morgan fingerprint density at radius 1 is 1.08 bits per heavy atom. The fourth-order valence-corrected chi connectivity index (χ4v) is 2.68. The van der Waals surface area contributed by atoms with Gasteiger partial charge in [-0.05, 0) is 12.1 Å². The van der Waals surface area contributed by atoms with Crippen LogP contribution < -0.4 is 10.2 Å². The van der Waals surface area contributed by atoms with Crippen LogP contribution in [0.15, 0.2) is 65.1 Å². The Labute approximate surface area is 141 Å². The Kier molecular flexibility index (Phi) is 5.12. The Morgan fingerprint density at radius 3 is 2.62 bits per heavy atom. The number of alkyl halides is 2. The largest absolute Gasteiger partial charge is 0.434 e. The number of halogens is 2. The van der Waals surface area contributed by atoms with Crippen LogP contribution in [0.1, 0.15) is 5.56 Å². The summed E-state index contributed by atoms with van der Waals surface area (Å²) in [5, 5.41) is 6.56. The number of benzene rings is 2. The van der Waals surface area contributed by atoms with E-state index in [1.165, 1.54) is 23.6 Å². The van der Waals surface area contributed by atoms with Crippen LogP contribution in [0.2, 0.25) is 0 Å². The van der Waals surface area contributed by atoms with Crippen LogP contribution in [-0.2, 0) is 0 Å². The van der Waals surface area contributed by atoms with Gasteiger partial charge >= 0.3 is 6.61 Å². The number of ether oxygens (including phenoxy) is 1. The third-order valence-electron chi connectivity index (χ3n) is 3.07. The maximum atomic E-state index is 12.4. The number of anilines is 1. The number of thiazole rings is 1. The van der Waals surface area contributed by atoms with Crippen molar-refractivity contribution in [3.8, 4) is 17.0 Å². The molecular weight excluding hydrogens is 332 g/mol. The summed E-state index contributed by atoms with van der Waals surface area (Å²) in [6.07, 6.45) is 1.42. The number of nitrogens with zero attached hydrogens (tertiary/aromatic N) is 2. The molecule has 0 saturated carbocycles. The molecule has 1 aromatic heterocycles. The molecule has 0 saturated heterocycles. The SMILES string of the molecule is FC(F)Oc1ccccc1C=NNc1nc(-c2ccccc2)cs1. The monoisotopic (exact) mass is 345 g/mol. The van der Waals surface area contributed by atoms with E-state index in [9.17, 15) is 8.78 Å². The molecule has 1 heterocycles. The van der Waals surface area contributed by atoms with Crippen LogP contribution in [0.5, 0.6) is 5.75 Å². The van der Waals surface area contributed by atoms with E-state index in [0.717, 1.165) is 11.3 Å². The summed E-state index contributed by atoms with van der Waals surface area (Å²) < 4.78 is 29.2. The zero-order chi connectivity index (χ0) is 16.8. The van der Waals surface area contributed by atoms with Crippen molar-refractivity contribution in [3.05, 3.63) is 65.5 Å². The molecule has 1 N–H and O–H groups in total. The third kappa shape index (κ3) is 4.14. The first-order chi connectivity index (χ1) is 11.7. The standard InChI is InChI=1S/C17H13F2N3OS/c18-16(19)23-15-9-5-4-8-13(15)10-20-22-17-21-14(11-24-17)12-6-2-1-3-7-12/h1-11,16H,(H,21,22). The fourth-order valence-electron chi connectivity index (χ4n) is 2.01. The number of aromatic nitrogens is 1. The fraction of sp³-hybridized carbons (Fsp3) is 0.0588. The Morgan fingerprint density at radius 2 is 1.83 bits per heavy atom. The molecule has 3 rings (SSSR count). The van der Waals surface area contributed by atoms with Gasteiger partial charge in [0.25, 0.3) is 0 Å². The van der Waals surface area contributed by atoms with Crippen molar-refractivity contribution in [1.82, 2.24) is 4.98 Å². The van der Waals surface area contributed by atoms with Crippen LogP contribution in [-0.4, -0.2) is 17.8 Å². The molecule has 7 heteroatoms. The molecule has 4 nitrogen and oxygen atoms in total. The van der Waals surface area contributed by atoms with E-state index in [0.29, 0.717) is 10.7 Å². The molecule has 0 unspecified atom stereocenters. The highest BCUT2D eigenvalue weighted by molar-refractivity contribution is 7.14. The highest BCUT2D eigenvalue weighted by Crippen LogP contribution is 2.24. The second kappa shape index (κ2) is 7.65. The minimum atomic E-state index is -2.88. The molecule has 0 aliphatic rings. The van der Waals surface area contributed by atoms with Crippen LogP contribution >= 0.6 is 11.3 Å². The lowest BCUT2D eigenvalue weighted by molar-refractivity contribution is -0.0499. The number of nitrogens with one attached hydrogen (secondary N) is 1. The van der Waals surface area contributed by atoms with Crippen molar-refractivity contribution >= 4 is 22.7 Å². The highest BCUT2D eigenvalue weighted by Gasteiger charge is 2.07. The van der Waals surface area contributed by atoms with Gasteiger partial charge in [-0.2, -0.15) is 13.9 Å². The van der Waals surface area contributed by atoms with Gasteiger partial charge in [0, 0.05) is 16.5 Å². The van der Waals surface area contributed by atoms with E-state index in [2.05, 4.69) is 20.2 Å². The van der Waals surface area contributed by atoms with Gasteiger partial charge in [0.2, 0.25) is 5.13 Å². The van der Waals surface area contributed by atoms with Crippen LogP contribution in [0, 0.1) is 0 Å². The first-order valence-corrected chi connectivity index (χ1v) is 7.94. The van der Waals surface area contributed by atoms with Gasteiger partial charge in [-0.1, -0.05) is 42.5 Å². The minimum absolute atomic E-state index is 0.0714. The average molecular weight is 345 g/mol. The lowest BCUT2D eigenvalue weighted by Crippen LogP contribution is -2.04. The summed E-state index contributed by atoms with van der Waals surface area (Å²) in [4.78, 5) is 4.42. The van der Waals surface area contributed by atoms with Gasteiger partial charge in [0.1, 0.15) is 5.75 Å². The molecule has 0 atom stereocenters. The van der Waals surface area contributed by atoms with Crippen molar-refractivity contribution in [2.24, 2.45) is 5.10 Å². The van der Waals surface area contributed by atoms with Crippen molar-refractivity contribution in [3.63, 3.8) is 0 Å². The average Bonchev–Trinajstić information content (AvgIpc) is 3.06. The second-order valence-electron chi connectivity index (χ2n) is 4.69. The molecule has 0 bridgehead atoms. The summed E-state index contributed by atoms with van der Waals surface area (Å²) in [6.45, 7) is -2.88. The molecular formula is C17H13F2N3OS. The first kappa shape index (κ1) is 16.1. The van der Waals surface area contributed by atoms with E-state index >= 15 is 0 Å². The van der Waals surface area contributed by atoms with Crippen molar-refractivity contribution in [2.75, 3.05) is 5.43 Å². The van der Waals surface area contributed by atoms with Crippen molar-refractivity contribution < 1.29 is 13.5 Å². The Hall–Kier alpha value is -2.80. The molecule has 0 amide bonds. The maximum Gasteiger partial charge on any atom is 0.387 e. The molecule has 0 radical (unpaired) electrons. The van der Waals surface area contributed by atoms with E-state index in [1.54, 1.807) is 18.2 Å². The van der Waals surface area contributed by atoms with E-state index in [1.807, 2.05) is 35.7 Å². The van der Waals surface area contributed by atoms with E-state index < -0.39 is 6.61 Å². The summed E-state index contributed by atoms with van der Waals surface area (Å²) in [5.74, 6) is 0.0714. The Balaban J connectivity index is 1.68. The number of hydrogen-bond acceptors (Lipinski definition) is 5. The van der Waals surface area contributed by atoms with E-state index in [4.69, 9.17) is 0 Å². The molecule has 3 aromatic rings. The summed E-state index contributed by atoms with van der Waals surface area (Å²) in [6, 6.07) is 16.2. The number of rotatable bonds is 6. The van der Waals surface area contributed by atoms with E-state index in [-0.39, 0.29) is 5.75 Å². The molecule has 0 aliphatic carbocycles. The smallest absolute Gasteiger partial charge is 0.387 e. The molecule has 0 fully saturated rings. The van der Waals surface area contributed by atoms with Gasteiger partial charge in [-0.15, -0.1) is 11.3 Å². The molecule has 122 valence electrons. The molecule has 24 heavy (non-hydrogen) atoms. The van der Waals surface area contributed by atoms with Crippen molar-refractivity contribution in [2.45, 2.75) is 6.61 Å². The number of para-hydroxylation sites is 1. The zero-order valence-electron chi connectivity index (χ0n) is 12.4.